The Kier molecular flexibility index (Phi) is 3.44. The average molecular weight is 203 g/mol. The van der Waals surface area contributed by atoms with E-state index in [0.29, 0.717) is 4.88 Å². The summed E-state index contributed by atoms with van der Waals surface area (Å²) in [4.78, 5) is 22.6. The van der Waals surface area contributed by atoms with Crippen molar-refractivity contribution in [3.63, 3.8) is 0 Å². The first-order chi connectivity index (χ1) is 5.74. The number of ketones is 2. The summed E-state index contributed by atoms with van der Waals surface area (Å²) in [6.45, 7) is 0. The molecule has 0 fully saturated rings. The van der Waals surface area contributed by atoms with Crippen molar-refractivity contribution in [3.05, 3.63) is 22.4 Å². The van der Waals surface area contributed by atoms with Gasteiger partial charge in [-0.05, 0) is 11.4 Å². The minimum absolute atomic E-state index is 0.0794. The van der Waals surface area contributed by atoms with Crippen molar-refractivity contribution in [2.45, 2.75) is 6.42 Å². The number of Topliss-reactive ketones (excluding diaryl/α,β-unsaturated/α-hetero) is 2. The van der Waals surface area contributed by atoms with Crippen molar-refractivity contribution in [2.24, 2.45) is 0 Å². The van der Waals surface area contributed by atoms with Gasteiger partial charge < -0.3 is 0 Å². The Morgan fingerprint density at radius 2 is 2.25 bits per heavy atom. The first-order valence-electron chi connectivity index (χ1n) is 3.38. The number of halogens is 1. The monoisotopic (exact) mass is 202 g/mol. The maximum Gasteiger partial charge on any atom is 0.180 e. The van der Waals surface area contributed by atoms with Crippen molar-refractivity contribution in [3.8, 4) is 0 Å². The highest BCUT2D eigenvalue weighted by atomic mass is 35.5. The normalized spacial score (nSPS) is 9.75. The molecular weight excluding hydrogens is 196 g/mol. The Morgan fingerprint density at radius 1 is 1.50 bits per heavy atom. The summed E-state index contributed by atoms with van der Waals surface area (Å²) in [7, 11) is 0. The molecule has 0 radical (unpaired) electrons. The molecule has 0 aliphatic carbocycles. The van der Waals surface area contributed by atoms with Crippen molar-refractivity contribution in [2.75, 3.05) is 5.88 Å². The van der Waals surface area contributed by atoms with Crippen LogP contribution in [0, 0.1) is 0 Å². The van der Waals surface area contributed by atoms with Gasteiger partial charge in [0.1, 0.15) is 0 Å². The van der Waals surface area contributed by atoms with Crippen molar-refractivity contribution in [1.29, 1.82) is 0 Å². The van der Waals surface area contributed by atoms with E-state index in [0.717, 1.165) is 0 Å². The van der Waals surface area contributed by atoms with Gasteiger partial charge in [-0.3, -0.25) is 9.59 Å². The number of carbonyl (C=O) groups is 2. The summed E-state index contributed by atoms with van der Waals surface area (Å²) in [6, 6.07) is 3.48. The van der Waals surface area contributed by atoms with Gasteiger partial charge >= 0.3 is 0 Å². The van der Waals surface area contributed by atoms with E-state index in [1.165, 1.54) is 11.3 Å². The molecule has 1 heterocycles. The van der Waals surface area contributed by atoms with Crippen molar-refractivity contribution < 1.29 is 9.59 Å². The van der Waals surface area contributed by atoms with E-state index >= 15 is 0 Å². The second-order valence-corrected chi connectivity index (χ2v) is 3.46. The van der Waals surface area contributed by atoms with E-state index in [2.05, 4.69) is 0 Å². The van der Waals surface area contributed by atoms with E-state index in [4.69, 9.17) is 11.6 Å². The maximum atomic E-state index is 11.2. The third kappa shape index (κ3) is 2.43. The first kappa shape index (κ1) is 9.42. The molecule has 1 aromatic heterocycles. The van der Waals surface area contributed by atoms with E-state index < -0.39 is 0 Å². The summed E-state index contributed by atoms with van der Waals surface area (Å²) >= 11 is 6.60. The lowest BCUT2D eigenvalue weighted by Gasteiger charge is -1.92. The number of rotatable bonds is 4. The van der Waals surface area contributed by atoms with Crippen LogP contribution in [0.15, 0.2) is 17.5 Å². The standard InChI is InChI=1S/C8H7ClO2S/c9-5-6(10)4-7(11)8-2-1-3-12-8/h1-3H,4-5H2. The molecule has 12 heavy (non-hydrogen) atoms. The summed E-state index contributed by atoms with van der Waals surface area (Å²) in [5.41, 5.74) is 0. The van der Waals surface area contributed by atoms with Crippen LogP contribution in [0.2, 0.25) is 0 Å². The van der Waals surface area contributed by atoms with Gasteiger partial charge in [0.05, 0.1) is 17.2 Å². The minimum atomic E-state index is -0.227. The second kappa shape index (κ2) is 4.38. The summed E-state index contributed by atoms with van der Waals surface area (Å²) in [5.74, 6) is -0.456. The number of hydrogen-bond donors (Lipinski definition) is 0. The Labute approximate surface area is 79.2 Å². The zero-order valence-electron chi connectivity index (χ0n) is 6.25. The zero-order valence-corrected chi connectivity index (χ0v) is 7.82. The van der Waals surface area contributed by atoms with Crippen LogP contribution in [-0.4, -0.2) is 17.4 Å². The Bertz CT molecular complexity index is 279. The smallest absolute Gasteiger partial charge is 0.180 e. The molecule has 0 amide bonds. The molecule has 0 aliphatic heterocycles. The molecule has 0 saturated heterocycles. The van der Waals surface area contributed by atoms with Gasteiger partial charge in [0, 0.05) is 0 Å². The fourth-order valence-corrected chi connectivity index (χ4v) is 1.51. The molecular formula is C8H7ClO2S. The Balaban J connectivity index is 2.56. The van der Waals surface area contributed by atoms with Crippen molar-refractivity contribution >= 4 is 34.5 Å². The lowest BCUT2D eigenvalue weighted by Crippen LogP contribution is -2.07. The van der Waals surface area contributed by atoms with Gasteiger partial charge in [0.25, 0.3) is 0 Å². The molecule has 0 spiro atoms. The highest BCUT2D eigenvalue weighted by Gasteiger charge is 2.10. The molecule has 2 nitrogen and oxygen atoms in total. The van der Waals surface area contributed by atoms with Gasteiger partial charge in [0.2, 0.25) is 0 Å². The molecule has 1 aromatic rings. The van der Waals surface area contributed by atoms with E-state index in [9.17, 15) is 9.59 Å². The van der Waals surface area contributed by atoms with Gasteiger partial charge in [0.15, 0.2) is 11.6 Å². The van der Waals surface area contributed by atoms with E-state index in [-0.39, 0.29) is 23.9 Å². The molecule has 0 aliphatic rings. The molecule has 0 bridgehead atoms. The average Bonchev–Trinajstić information content (AvgIpc) is 2.56. The number of alkyl halides is 1. The third-order valence-electron chi connectivity index (χ3n) is 1.30. The molecule has 0 N–H and O–H groups in total. The fraction of sp³-hybridized carbons (Fsp3) is 0.250. The largest absolute Gasteiger partial charge is 0.298 e. The van der Waals surface area contributed by atoms with Gasteiger partial charge in [-0.25, -0.2) is 0 Å². The van der Waals surface area contributed by atoms with Gasteiger partial charge in [-0.1, -0.05) is 6.07 Å². The molecule has 1 rings (SSSR count). The molecule has 4 heteroatoms. The Morgan fingerprint density at radius 3 is 2.75 bits per heavy atom. The van der Waals surface area contributed by atoms with Crippen LogP contribution in [0.1, 0.15) is 16.1 Å². The fourth-order valence-electron chi connectivity index (χ4n) is 0.751. The second-order valence-electron chi connectivity index (χ2n) is 2.25. The lowest BCUT2D eigenvalue weighted by atomic mass is 10.2. The van der Waals surface area contributed by atoms with Crippen LogP contribution in [0.4, 0.5) is 0 Å². The number of hydrogen-bond acceptors (Lipinski definition) is 3. The van der Waals surface area contributed by atoms with E-state index in [1.807, 2.05) is 0 Å². The molecule has 0 saturated carbocycles. The Hall–Kier alpha value is -0.670. The summed E-state index contributed by atoms with van der Waals surface area (Å²) in [6.07, 6.45) is -0.0794. The predicted molar refractivity (Wildman–Crippen MR) is 49.0 cm³/mol. The van der Waals surface area contributed by atoms with Crippen LogP contribution in [-0.2, 0) is 4.79 Å². The minimum Gasteiger partial charge on any atom is -0.298 e. The topological polar surface area (TPSA) is 34.1 Å². The molecule has 64 valence electrons. The lowest BCUT2D eigenvalue weighted by molar-refractivity contribution is -0.115. The van der Waals surface area contributed by atoms with Gasteiger partial charge in [-0.15, -0.1) is 22.9 Å². The quantitative estimate of drug-likeness (QED) is 0.426. The van der Waals surface area contributed by atoms with E-state index in [1.54, 1.807) is 17.5 Å². The van der Waals surface area contributed by atoms with Crippen LogP contribution >= 0.6 is 22.9 Å². The predicted octanol–water partition coefficient (Wildman–Crippen LogP) is 2.13. The van der Waals surface area contributed by atoms with Crippen LogP contribution < -0.4 is 0 Å². The van der Waals surface area contributed by atoms with Crippen LogP contribution in [0.3, 0.4) is 0 Å². The van der Waals surface area contributed by atoms with Gasteiger partial charge in [-0.2, -0.15) is 0 Å². The van der Waals surface area contributed by atoms with Crippen molar-refractivity contribution in [1.82, 2.24) is 0 Å². The first-order valence-corrected chi connectivity index (χ1v) is 4.80. The van der Waals surface area contributed by atoms with Crippen LogP contribution in [0.5, 0.6) is 0 Å². The zero-order chi connectivity index (χ0) is 8.97. The SMILES string of the molecule is O=C(CCl)CC(=O)c1cccs1. The molecule has 0 aromatic carbocycles. The van der Waals surface area contributed by atoms with Crippen LogP contribution in [0.25, 0.3) is 0 Å². The number of thiophene rings is 1. The summed E-state index contributed by atoms with van der Waals surface area (Å²) in [5, 5.41) is 1.80. The third-order valence-corrected chi connectivity index (χ3v) is 2.51. The molecule has 0 atom stereocenters. The summed E-state index contributed by atoms with van der Waals surface area (Å²) < 4.78 is 0. The highest BCUT2D eigenvalue weighted by Crippen LogP contribution is 2.11. The highest BCUT2D eigenvalue weighted by molar-refractivity contribution is 7.12. The maximum absolute atomic E-state index is 11.2. The molecule has 0 unspecified atom stereocenters. The number of carbonyl (C=O) groups excluding carboxylic acids is 2.